The Balaban J connectivity index is 3.73. The molecule has 5 heteroatoms. The van der Waals surface area contributed by atoms with Gasteiger partial charge in [0.2, 0.25) is 0 Å². The van der Waals surface area contributed by atoms with Crippen molar-refractivity contribution in [1.29, 1.82) is 0 Å². The van der Waals surface area contributed by atoms with Crippen LogP contribution in [0.25, 0.3) is 0 Å². The summed E-state index contributed by atoms with van der Waals surface area (Å²) in [5.74, 6) is 0. The number of nitrogens with zero attached hydrogens (tertiary/aromatic N) is 1. The molecule has 4 nitrogen and oxygen atoms in total. The van der Waals surface area contributed by atoms with Crippen LogP contribution in [0.4, 0.5) is 0 Å². The Hall–Kier alpha value is -0.203. The maximum absolute atomic E-state index is 5.57. The van der Waals surface area contributed by atoms with Crippen molar-refractivity contribution >= 4 is 8.80 Å². The molecule has 0 heterocycles. The third-order valence-electron chi connectivity index (χ3n) is 7.24. The zero-order valence-electron chi connectivity index (χ0n) is 23.3. The summed E-state index contributed by atoms with van der Waals surface area (Å²) >= 11 is 0. The zero-order valence-corrected chi connectivity index (χ0v) is 24.3. The second kappa shape index (κ2) is 22.3. The van der Waals surface area contributed by atoms with Gasteiger partial charge < -0.3 is 17.8 Å². The van der Waals surface area contributed by atoms with Crippen LogP contribution in [-0.4, -0.2) is 61.3 Å². The largest absolute Gasteiger partial charge is 0.500 e. The fraction of sp³-hybridized carbons (Fsp3) is 0.929. The van der Waals surface area contributed by atoms with Crippen molar-refractivity contribution in [2.45, 2.75) is 122 Å². The fourth-order valence-electron chi connectivity index (χ4n) is 4.88. The monoisotopic (exact) mass is 486 g/mol. The van der Waals surface area contributed by atoms with Crippen LogP contribution in [0.3, 0.4) is 0 Å². The Morgan fingerprint density at radius 3 is 1.33 bits per heavy atom. The summed E-state index contributed by atoms with van der Waals surface area (Å²) in [5, 5.41) is 0. The summed E-state index contributed by atoms with van der Waals surface area (Å²) in [5.41, 5.74) is 0. The second-order valence-electron chi connectivity index (χ2n) is 10.2. The van der Waals surface area contributed by atoms with Crippen molar-refractivity contribution < 1.29 is 17.8 Å². The van der Waals surface area contributed by atoms with Gasteiger partial charge in [-0.15, -0.1) is 0 Å². The number of hydrogen-bond acceptors (Lipinski definition) is 3. The Kier molecular flexibility index (Phi) is 22.1. The smallest absolute Gasteiger partial charge is 0.377 e. The van der Waals surface area contributed by atoms with Crippen molar-refractivity contribution in [2.75, 3.05) is 48.0 Å². The van der Waals surface area contributed by atoms with Gasteiger partial charge in [0.15, 0.2) is 0 Å². The van der Waals surface area contributed by atoms with Crippen molar-refractivity contribution in [2.24, 2.45) is 0 Å². The number of likely N-dealkylation sites (N-methyl/N-ethyl adjacent to an activating group) is 1. The van der Waals surface area contributed by atoms with Gasteiger partial charge in [0.05, 0.1) is 26.7 Å². The molecule has 0 rings (SSSR count). The first-order valence-corrected chi connectivity index (χ1v) is 16.0. The zero-order chi connectivity index (χ0) is 24.7. The van der Waals surface area contributed by atoms with Crippen molar-refractivity contribution in [1.82, 2.24) is 0 Å². The molecule has 198 valence electrons. The Labute approximate surface area is 209 Å². The minimum Gasteiger partial charge on any atom is -0.377 e. The molecule has 0 aromatic carbocycles. The quantitative estimate of drug-likeness (QED) is 0.0534. The van der Waals surface area contributed by atoms with Crippen LogP contribution in [0, 0.1) is 0 Å². The summed E-state index contributed by atoms with van der Waals surface area (Å²) in [6.45, 7) is 9.67. The first kappa shape index (κ1) is 32.8. The minimum absolute atomic E-state index is 0.875. The normalized spacial score (nSPS) is 13.8. The van der Waals surface area contributed by atoms with Crippen molar-refractivity contribution in [3.8, 4) is 0 Å². The lowest BCUT2D eigenvalue weighted by Crippen LogP contribution is -2.48. The highest BCUT2D eigenvalue weighted by molar-refractivity contribution is 6.60. The molecule has 0 spiro atoms. The SMILES string of the molecule is C=CC[N+](C)(CCCCCCCCCCCCCCCCCC)CCC[Si](OC)(OC)OC. The lowest BCUT2D eigenvalue weighted by molar-refractivity contribution is -0.904. The van der Waals surface area contributed by atoms with Gasteiger partial charge in [-0.25, -0.2) is 0 Å². The van der Waals surface area contributed by atoms with Gasteiger partial charge in [-0.2, -0.15) is 0 Å². The predicted molar refractivity (Wildman–Crippen MR) is 147 cm³/mol. The van der Waals surface area contributed by atoms with E-state index in [9.17, 15) is 0 Å². The van der Waals surface area contributed by atoms with E-state index in [1.807, 2.05) is 0 Å². The molecule has 0 radical (unpaired) electrons. The van der Waals surface area contributed by atoms with Crippen LogP contribution in [0.15, 0.2) is 12.7 Å². The minimum atomic E-state index is -2.45. The van der Waals surface area contributed by atoms with Gasteiger partial charge in [0.25, 0.3) is 0 Å². The second-order valence-corrected chi connectivity index (χ2v) is 13.3. The van der Waals surface area contributed by atoms with Crippen LogP contribution < -0.4 is 0 Å². The van der Waals surface area contributed by atoms with Crippen LogP contribution in [-0.2, 0) is 13.3 Å². The molecule has 1 unspecified atom stereocenters. The Bertz CT molecular complexity index is 423. The molecular weight excluding hydrogens is 426 g/mol. The molecule has 33 heavy (non-hydrogen) atoms. The van der Waals surface area contributed by atoms with Gasteiger partial charge in [-0.3, -0.25) is 0 Å². The van der Waals surface area contributed by atoms with E-state index in [1.54, 1.807) is 21.3 Å². The third kappa shape index (κ3) is 17.8. The molecular formula is C28H60NO3Si+. The van der Waals surface area contributed by atoms with E-state index < -0.39 is 8.80 Å². The fourth-order valence-corrected chi connectivity index (χ4v) is 6.58. The molecule has 0 saturated carbocycles. The summed E-state index contributed by atoms with van der Waals surface area (Å²) < 4.78 is 17.8. The van der Waals surface area contributed by atoms with Crippen LogP contribution in [0.5, 0.6) is 0 Å². The highest BCUT2D eigenvalue weighted by Crippen LogP contribution is 2.19. The van der Waals surface area contributed by atoms with E-state index >= 15 is 0 Å². The first-order valence-electron chi connectivity index (χ1n) is 14.1. The molecule has 0 saturated heterocycles. The highest BCUT2D eigenvalue weighted by Gasteiger charge is 2.38. The van der Waals surface area contributed by atoms with Gasteiger partial charge in [-0.1, -0.05) is 103 Å². The molecule has 0 aliphatic carbocycles. The van der Waals surface area contributed by atoms with Crippen LogP contribution in [0.2, 0.25) is 6.04 Å². The van der Waals surface area contributed by atoms with Crippen LogP contribution >= 0.6 is 0 Å². The molecule has 0 aliphatic rings. The molecule has 0 aromatic rings. The molecule has 0 amide bonds. The van der Waals surface area contributed by atoms with Crippen molar-refractivity contribution in [3.63, 3.8) is 0 Å². The van der Waals surface area contributed by atoms with E-state index in [2.05, 4.69) is 26.6 Å². The van der Waals surface area contributed by atoms with Crippen LogP contribution in [0.1, 0.15) is 116 Å². The number of unbranched alkanes of at least 4 members (excludes halogenated alkanes) is 15. The lowest BCUT2D eigenvalue weighted by Gasteiger charge is -2.34. The summed E-state index contributed by atoms with van der Waals surface area (Å²) in [4.78, 5) is 0. The average molecular weight is 487 g/mol. The average Bonchev–Trinajstić information content (AvgIpc) is 2.82. The van der Waals surface area contributed by atoms with Gasteiger partial charge in [-0.05, 0) is 18.9 Å². The molecule has 0 aromatic heterocycles. The van der Waals surface area contributed by atoms with E-state index in [0.29, 0.717) is 0 Å². The highest BCUT2D eigenvalue weighted by atomic mass is 28.4. The Morgan fingerprint density at radius 1 is 0.606 bits per heavy atom. The number of hydrogen-bond donors (Lipinski definition) is 0. The van der Waals surface area contributed by atoms with E-state index in [0.717, 1.165) is 30.0 Å². The molecule has 0 bridgehead atoms. The standard InChI is InChI=1S/C28H60NO3Si/c1-7-9-10-11-12-13-14-15-16-17-18-19-20-21-22-23-26-29(3,25-8-2)27-24-28-33(30-4,31-5)32-6/h8H,2,7,9-28H2,1,3-6H3/q+1. The lowest BCUT2D eigenvalue weighted by atomic mass is 10.0. The molecule has 1 atom stereocenters. The first-order chi connectivity index (χ1) is 16.0. The number of rotatable bonds is 26. The van der Waals surface area contributed by atoms with Gasteiger partial charge in [0, 0.05) is 33.8 Å². The van der Waals surface area contributed by atoms with Crippen molar-refractivity contribution in [3.05, 3.63) is 12.7 Å². The van der Waals surface area contributed by atoms with E-state index in [1.165, 1.54) is 109 Å². The van der Waals surface area contributed by atoms with E-state index in [-0.39, 0.29) is 0 Å². The Morgan fingerprint density at radius 2 is 0.970 bits per heavy atom. The summed E-state index contributed by atoms with van der Waals surface area (Å²) in [7, 11) is 5.02. The summed E-state index contributed by atoms with van der Waals surface area (Å²) in [6, 6.07) is 0.875. The molecule has 0 N–H and O–H groups in total. The van der Waals surface area contributed by atoms with E-state index in [4.69, 9.17) is 13.3 Å². The maximum Gasteiger partial charge on any atom is 0.500 e. The van der Waals surface area contributed by atoms with Gasteiger partial charge >= 0.3 is 8.80 Å². The maximum atomic E-state index is 5.57. The third-order valence-corrected chi connectivity index (χ3v) is 10.1. The van der Waals surface area contributed by atoms with Gasteiger partial charge in [0.1, 0.15) is 0 Å². The summed E-state index contributed by atoms with van der Waals surface area (Å²) in [6.07, 6.45) is 25.9. The number of quaternary nitrogens is 1. The molecule has 0 fully saturated rings. The topological polar surface area (TPSA) is 27.7 Å². The molecule has 0 aliphatic heterocycles. The predicted octanol–water partition coefficient (Wildman–Crippen LogP) is 8.15.